The third-order valence-corrected chi connectivity index (χ3v) is 9.43. The van der Waals surface area contributed by atoms with Crippen molar-refractivity contribution in [3.8, 4) is 33.4 Å². The molecule has 1 aromatic heterocycles. The first-order valence-corrected chi connectivity index (χ1v) is 15.8. The highest BCUT2D eigenvalue weighted by Crippen LogP contribution is 2.48. The van der Waals surface area contributed by atoms with Crippen LogP contribution >= 0.6 is 11.3 Å². The lowest BCUT2D eigenvalue weighted by Crippen LogP contribution is -2.11. The summed E-state index contributed by atoms with van der Waals surface area (Å²) in [5.74, 6) is 0. The van der Waals surface area contributed by atoms with Crippen molar-refractivity contribution in [1.82, 2.24) is 0 Å². The molecule has 8 rings (SSSR count). The standard InChI is InChI=1S/C42H29NS/c1-4-12-30(13-5-1)32-20-22-34(23-21-32)41-38(28-29-40-42(41)37-18-10-11-19-39(37)44-40)43(35-16-8-3-9-17-35)36-26-24-33(25-27-36)31-14-6-2-7-15-31/h1-29H. The Bertz CT molecular complexity index is 2180. The molecule has 44 heavy (non-hydrogen) atoms. The van der Waals surface area contributed by atoms with Crippen molar-refractivity contribution in [2.45, 2.75) is 0 Å². The molecule has 208 valence electrons. The molecule has 0 saturated heterocycles. The Labute approximate surface area is 261 Å². The molecular formula is C42H29NS. The minimum atomic E-state index is 1.12. The van der Waals surface area contributed by atoms with Crippen molar-refractivity contribution in [2.24, 2.45) is 0 Å². The summed E-state index contributed by atoms with van der Waals surface area (Å²) in [5.41, 5.74) is 10.7. The average molecular weight is 580 g/mol. The summed E-state index contributed by atoms with van der Waals surface area (Å²) in [4.78, 5) is 2.40. The lowest BCUT2D eigenvalue weighted by Gasteiger charge is -2.28. The molecule has 0 aliphatic rings. The predicted octanol–water partition coefficient (Wildman–Crippen LogP) is 12.5. The minimum Gasteiger partial charge on any atom is -0.310 e. The molecule has 0 N–H and O–H groups in total. The van der Waals surface area contributed by atoms with E-state index in [0.29, 0.717) is 0 Å². The number of rotatable bonds is 6. The van der Waals surface area contributed by atoms with Gasteiger partial charge in [-0.2, -0.15) is 0 Å². The van der Waals surface area contributed by atoms with Gasteiger partial charge in [0.15, 0.2) is 0 Å². The number of thiophene rings is 1. The van der Waals surface area contributed by atoms with Crippen LogP contribution in [0.25, 0.3) is 53.6 Å². The van der Waals surface area contributed by atoms with Crippen LogP contribution in [0.3, 0.4) is 0 Å². The third-order valence-electron chi connectivity index (χ3n) is 8.29. The lowest BCUT2D eigenvalue weighted by atomic mass is 9.94. The van der Waals surface area contributed by atoms with E-state index in [-0.39, 0.29) is 0 Å². The summed E-state index contributed by atoms with van der Waals surface area (Å²) in [6, 6.07) is 63.3. The zero-order valence-electron chi connectivity index (χ0n) is 24.1. The van der Waals surface area contributed by atoms with Gasteiger partial charge in [-0.05, 0) is 70.3 Å². The molecule has 0 aliphatic heterocycles. The van der Waals surface area contributed by atoms with Gasteiger partial charge in [0.2, 0.25) is 0 Å². The van der Waals surface area contributed by atoms with E-state index in [2.05, 4.69) is 181 Å². The number of hydrogen-bond acceptors (Lipinski definition) is 2. The molecule has 0 saturated carbocycles. The number of nitrogens with zero attached hydrogens (tertiary/aromatic N) is 1. The highest BCUT2D eigenvalue weighted by atomic mass is 32.1. The first-order chi connectivity index (χ1) is 21.8. The van der Waals surface area contributed by atoms with Crippen molar-refractivity contribution in [1.29, 1.82) is 0 Å². The fraction of sp³-hybridized carbons (Fsp3) is 0. The molecule has 0 fully saturated rings. The van der Waals surface area contributed by atoms with Gasteiger partial charge in [0.05, 0.1) is 5.69 Å². The van der Waals surface area contributed by atoms with E-state index >= 15 is 0 Å². The number of fused-ring (bicyclic) bond motifs is 3. The van der Waals surface area contributed by atoms with Crippen LogP contribution in [0.4, 0.5) is 17.1 Å². The van der Waals surface area contributed by atoms with Crippen molar-refractivity contribution in [3.05, 3.63) is 176 Å². The van der Waals surface area contributed by atoms with E-state index in [0.717, 1.165) is 17.1 Å². The molecule has 0 atom stereocenters. The van der Waals surface area contributed by atoms with Crippen LogP contribution in [0.2, 0.25) is 0 Å². The summed E-state index contributed by atoms with van der Waals surface area (Å²) in [6.45, 7) is 0. The van der Waals surface area contributed by atoms with E-state index in [1.807, 2.05) is 11.3 Å². The molecule has 0 bridgehead atoms. The maximum absolute atomic E-state index is 2.40. The molecule has 0 aliphatic carbocycles. The van der Waals surface area contributed by atoms with E-state index < -0.39 is 0 Å². The number of benzene rings is 7. The molecule has 7 aromatic carbocycles. The Morgan fingerprint density at radius 2 is 0.818 bits per heavy atom. The maximum atomic E-state index is 2.40. The van der Waals surface area contributed by atoms with Crippen LogP contribution in [0.15, 0.2) is 176 Å². The van der Waals surface area contributed by atoms with Crippen LogP contribution in [0.5, 0.6) is 0 Å². The summed E-state index contributed by atoms with van der Waals surface area (Å²) in [6.07, 6.45) is 0. The van der Waals surface area contributed by atoms with E-state index in [1.54, 1.807) is 0 Å². The molecule has 2 heteroatoms. The van der Waals surface area contributed by atoms with Gasteiger partial charge in [-0.25, -0.2) is 0 Å². The summed E-state index contributed by atoms with van der Waals surface area (Å²) in [7, 11) is 0. The number of hydrogen-bond donors (Lipinski definition) is 0. The van der Waals surface area contributed by atoms with E-state index in [9.17, 15) is 0 Å². The van der Waals surface area contributed by atoms with Crippen molar-refractivity contribution in [2.75, 3.05) is 4.90 Å². The van der Waals surface area contributed by atoms with Gasteiger partial charge in [0.1, 0.15) is 0 Å². The van der Waals surface area contributed by atoms with Crippen LogP contribution in [-0.2, 0) is 0 Å². The van der Waals surface area contributed by atoms with Gasteiger partial charge >= 0.3 is 0 Å². The summed E-state index contributed by atoms with van der Waals surface area (Å²) >= 11 is 1.86. The van der Waals surface area contributed by atoms with Crippen LogP contribution < -0.4 is 4.90 Å². The topological polar surface area (TPSA) is 3.24 Å². The molecule has 8 aromatic rings. The van der Waals surface area contributed by atoms with Crippen molar-refractivity contribution >= 4 is 48.6 Å². The normalized spacial score (nSPS) is 11.2. The Morgan fingerprint density at radius 3 is 1.45 bits per heavy atom. The van der Waals surface area contributed by atoms with Crippen LogP contribution in [-0.4, -0.2) is 0 Å². The Balaban J connectivity index is 1.36. The fourth-order valence-electron chi connectivity index (χ4n) is 6.18. The maximum Gasteiger partial charge on any atom is 0.0547 e. The fourth-order valence-corrected chi connectivity index (χ4v) is 7.30. The van der Waals surface area contributed by atoms with Gasteiger partial charge in [-0.3, -0.25) is 0 Å². The zero-order chi connectivity index (χ0) is 29.3. The SMILES string of the molecule is c1ccc(-c2ccc(-c3c(N(c4ccccc4)c4ccc(-c5ccccc5)cc4)ccc4sc5ccccc5c34)cc2)cc1. The smallest absolute Gasteiger partial charge is 0.0547 e. The Hall–Kier alpha value is -5.44. The second-order valence-electron chi connectivity index (χ2n) is 11.0. The Kier molecular flexibility index (Phi) is 6.75. The molecule has 1 heterocycles. The molecule has 0 radical (unpaired) electrons. The van der Waals surface area contributed by atoms with Gasteiger partial charge in [-0.1, -0.05) is 133 Å². The van der Waals surface area contributed by atoms with E-state index in [1.165, 1.54) is 53.6 Å². The zero-order valence-corrected chi connectivity index (χ0v) is 24.9. The van der Waals surface area contributed by atoms with Gasteiger partial charge in [0.25, 0.3) is 0 Å². The van der Waals surface area contributed by atoms with Crippen molar-refractivity contribution < 1.29 is 0 Å². The molecular weight excluding hydrogens is 551 g/mol. The Morgan fingerprint density at radius 1 is 0.341 bits per heavy atom. The van der Waals surface area contributed by atoms with Gasteiger partial charge in [0, 0.05) is 37.1 Å². The highest BCUT2D eigenvalue weighted by molar-refractivity contribution is 7.26. The minimum absolute atomic E-state index is 1.12. The molecule has 0 unspecified atom stereocenters. The van der Waals surface area contributed by atoms with Crippen LogP contribution in [0.1, 0.15) is 0 Å². The van der Waals surface area contributed by atoms with Gasteiger partial charge < -0.3 is 4.90 Å². The first-order valence-electron chi connectivity index (χ1n) is 14.9. The number of anilines is 3. The van der Waals surface area contributed by atoms with E-state index in [4.69, 9.17) is 0 Å². The van der Waals surface area contributed by atoms with Crippen molar-refractivity contribution in [3.63, 3.8) is 0 Å². The summed E-state index contributed by atoms with van der Waals surface area (Å²) in [5, 5.41) is 2.60. The third kappa shape index (κ3) is 4.76. The number of para-hydroxylation sites is 1. The largest absolute Gasteiger partial charge is 0.310 e. The molecule has 1 nitrogen and oxygen atoms in total. The average Bonchev–Trinajstić information content (AvgIpc) is 3.49. The molecule has 0 spiro atoms. The second-order valence-corrected chi connectivity index (χ2v) is 12.0. The molecule has 0 amide bonds. The monoisotopic (exact) mass is 579 g/mol. The quantitative estimate of drug-likeness (QED) is 0.189. The predicted molar refractivity (Wildman–Crippen MR) is 190 cm³/mol. The first kappa shape index (κ1) is 26.2. The summed E-state index contributed by atoms with van der Waals surface area (Å²) < 4.78 is 2.60. The lowest BCUT2D eigenvalue weighted by molar-refractivity contribution is 1.29. The highest BCUT2D eigenvalue weighted by Gasteiger charge is 2.22. The van der Waals surface area contributed by atoms with Gasteiger partial charge in [-0.15, -0.1) is 11.3 Å². The second kappa shape index (κ2) is 11.3. The van der Waals surface area contributed by atoms with Crippen LogP contribution in [0, 0.1) is 0 Å².